The third-order valence-corrected chi connectivity index (χ3v) is 5.65. The number of allylic oxidation sites excluding steroid dienone is 1. The van der Waals surface area contributed by atoms with Crippen LogP contribution in [0.3, 0.4) is 0 Å². The number of hydrogen-bond donors (Lipinski definition) is 0. The van der Waals surface area contributed by atoms with Crippen molar-refractivity contribution in [2.75, 3.05) is 0 Å². The summed E-state index contributed by atoms with van der Waals surface area (Å²) in [6.45, 7) is 0.294. The van der Waals surface area contributed by atoms with E-state index in [2.05, 4.69) is 6.07 Å². The van der Waals surface area contributed by atoms with Crippen LogP contribution in [0.25, 0.3) is 22.4 Å². The lowest BCUT2D eigenvalue weighted by molar-refractivity contribution is -0.384. The minimum absolute atomic E-state index is 0.0465. The lowest BCUT2D eigenvalue weighted by Gasteiger charge is -2.13. The minimum Gasteiger partial charge on any atom is -0.486 e. The zero-order chi connectivity index (χ0) is 23.4. The molecule has 0 heterocycles. The van der Waals surface area contributed by atoms with E-state index < -0.39 is 4.92 Å². The van der Waals surface area contributed by atoms with E-state index in [0.29, 0.717) is 39.1 Å². The van der Waals surface area contributed by atoms with Crippen LogP contribution < -0.4 is 4.74 Å². The van der Waals surface area contributed by atoms with Crippen LogP contribution in [0.4, 0.5) is 5.69 Å². The molecule has 7 heteroatoms. The molecule has 0 aliphatic carbocycles. The van der Waals surface area contributed by atoms with E-state index in [-0.39, 0.29) is 5.69 Å². The minimum atomic E-state index is -0.490. The molecule has 33 heavy (non-hydrogen) atoms. The highest BCUT2D eigenvalue weighted by molar-refractivity contribution is 6.37. The molecule has 0 amide bonds. The normalized spacial score (nSPS) is 11.2. The number of ether oxygens (including phenoxy) is 1. The van der Waals surface area contributed by atoms with Gasteiger partial charge < -0.3 is 4.74 Å². The molecular weight excluding hydrogens is 459 g/mol. The number of nitro benzene ring substituents is 1. The molecule has 0 saturated heterocycles. The second-order valence-electron chi connectivity index (χ2n) is 7.21. The quantitative estimate of drug-likeness (QED) is 0.124. The van der Waals surface area contributed by atoms with E-state index in [4.69, 9.17) is 27.9 Å². The predicted octanol–water partition coefficient (Wildman–Crippen LogP) is 7.70. The number of nitriles is 1. The van der Waals surface area contributed by atoms with Gasteiger partial charge >= 0.3 is 0 Å². The number of non-ortho nitro benzene ring substituents is 1. The summed E-state index contributed by atoms with van der Waals surface area (Å²) in [4.78, 5) is 10.4. The SMILES string of the molecule is N#C/C(=C\c1cc(Cl)c(OCc2cccc3ccccc23)c(Cl)c1)c1ccc([N+](=O)[O-])cc1. The molecule has 0 N–H and O–H groups in total. The van der Waals surface area contributed by atoms with Crippen molar-refractivity contribution in [1.82, 2.24) is 0 Å². The molecule has 0 aromatic heterocycles. The van der Waals surface area contributed by atoms with Gasteiger partial charge in [0.1, 0.15) is 6.61 Å². The Kier molecular flexibility index (Phi) is 6.60. The largest absolute Gasteiger partial charge is 0.486 e. The monoisotopic (exact) mass is 474 g/mol. The van der Waals surface area contributed by atoms with Gasteiger partial charge in [-0.3, -0.25) is 10.1 Å². The molecule has 0 aliphatic heterocycles. The van der Waals surface area contributed by atoms with E-state index >= 15 is 0 Å². The number of fused-ring (bicyclic) bond motifs is 1. The molecule has 0 atom stereocenters. The maximum atomic E-state index is 10.8. The van der Waals surface area contributed by atoms with Crippen LogP contribution in [0.1, 0.15) is 16.7 Å². The van der Waals surface area contributed by atoms with Gasteiger partial charge in [-0.05, 0) is 57.8 Å². The van der Waals surface area contributed by atoms with E-state index in [1.54, 1.807) is 18.2 Å². The van der Waals surface area contributed by atoms with E-state index in [9.17, 15) is 15.4 Å². The van der Waals surface area contributed by atoms with Crippen LogP contribution in [-0.4, -0.2) is 4.92 Å². The second-order valence-corrected chi connectivity index (χ2v) is 8.03. The first kappa shape index (κ1) is 22.3. The third kappa shape index (κ3) is 4.98. The van der Waals surface area contributed by atoms with Crippen LogP contribution in [-0.2, 0) is 6.61 Å². The molecule has 4 aromatic rings. The average Bonchev–Trinajstić information content (AvgIpc) is 2.82. The molecule has 5 nitrogen and oxygen atoms in total. The highest BCUT2D eigenvalue weighted by atomic mass is 35.5. The molecule has 0 unspecified atom stereocenters. The Balaban J connectivity index is 1.58. The zero-order valence-corrected chi connectivity index (χ0v) is 18.7. The topological polar surface area (TPSA) is 76.2 Å². The third-order valence-electron chi connectivity index (χ3n) is 5.09. The van der Waals surface area contributed by atoms with Gasteiger partial charge in [0.15, 0.2) is 5.75 Å². The summed E-state index contributed by atoms with van der Waals surface area (Å²) in [6, 6.07) is 25.2. The van der Waals surface area contributed by atoms with Crippen molar-refractivity contribution in [3.8, 4) is 11.8 Å². The fraction of sp³-hybridized carbons (Fsp3) is 0.0385. The summed E-state index contributed by atoms with van der Waals surface area (Å²) in [5, 5.41) is 23.2. The summed E-state index contributed by atoms with van der Waals surface area (Å²) in [7, 11) is 0. The Bertz CT molecular complexity index is 1400. The van der Waals surface area contributed by atoms with Crippen molar-refractivity contribution in [3.63, 3.8) is 0 Å². The van der Waals surface area contributed by atoms with Gasteiger partial charge in [-0.2, -0.15) is 5.26 Å². The van der Waals surface area contributed by atoms with Crippen LogP contribution in [0.15, 0.2) is 78.9 Å². The second kappa shape index (κ2) is 9.74. The summed E-state index contributed by atoms with van der Waals surface area (Å²) in [5.41, 5.74) is 2.44. The highest BCUT2D eigenvalue weighted by Crippen LogP contribution is 2.36. The highest BCUT2D eigenvalue weighted by Gasteiger charge is 2.12. The number of halogens is 2. The van der Waals surface area contributed by atoms with Crippen molar-refractivity contribution < 1.29 is 9.66 Å². The molecular formula is C26H16Cl2N2O3. The van der Waals surface area contributed by atoms with Crippen molar-refractivity contribution >= 4 is 51.3 Å². The van der Waals surface area contributed by atoms with Gasteiger partial charge in [0, 0.05) is 12.1 Å². The number of benzene rings is 4. The van der Waals surface area contributed by atoms with Gasteiger partial charge in [-0.15, -0.1) is 0 Å². The molecule has 162 valence electrons. The molecule has 4 aromatic carbocycles. The predicted molar refractivity (Wildman–Crippen MR) is 131 cm³/mol. The first-order chi connectivity index (χ1) is 16.0. The molecule has 0 fully saturated rings. The van der Waals surface area contributed by atoms with Crippen LogP contribution in [0.5, 0.6) is 5.75 Å². The van der Waals surface area contributed by atoms with Crippen LogP contribution in [0.2, 0.25) is 10.0 Å². The summed E-state index contributed by atoms with van der Waals surface area (Å²) in [6.07, 6.45) is 1.62. The zero-order valence-electron chi connectivity index (χ0n) is 17.2. The number of nitro groups is 1. The van der Waals surface area contributed by atoms with Crippen molar-refractivity contribution in [3.05, 3.63) is 116 Å². The van der Waals surface area contributed by atoms with Gasteiger partial charge in [-0.25, -0.2) is 0 Å². The molecule has 0 bridgehead atoms. The Morgan fingerprint density at radius 1 is 1.00 bits per heavy atom. The first-order valence-electron chi connectivity index (χ1n) is 9.91. The Hall–Kier alpha value is -3.85. The Labute approximate surface area is 200 Å². The fourth-order valence-corrected chi connectivity index (χ4v) is 4.09. The molecule has 0 radical (unpaired) electrons. The van der Waals surface area contributed by atoms with Crippen LogP contribution in [0, 0.1) is 21.4 Å². The smallest absolute Gasteiger partial charge is 0.269 e. The molecule has 0 aliphatic rings. The molecule has 0 saturated carbocycles. The summed E-state index contributed by atoms with van der Waals surface area (Å²) in [5.74, 6) is 0.359. The van der Waals surface area contributed by atoms with Crippen molar-refractivity contribution in [1.29, 1.82) is 5.26 Å². The average molecular weight is 475 g/mol. The van der Waals surface area contributed by atoms with Crippen molar-refractivity contribution in [2.45, 2.75) is 6.61 Å². The Morgan fingerprint density at radius 3 is 2.33 bits per heavy atom. The lowest BCUT2D eigenvalue weighted by Crippen LogP contribution is -1.98. The van der Waals surface area contributed by atoms with E-state index in [0.717, 1.165) is 16.3 Å². The summed E-state index contributed by atoms with van der Waals surface area (Å²) >= 11 is 12.9. The van der Waals surface area contributed by atoms with Gasteiger partial charge in [0.05, 0.1) is 26.6 Å². The van der Waals surface area contributed by atoms with Crippen LogP contribution >= 0.6 is 23.2 Å². The fourth-order valence-electron chi connectivity index (χ4n) is 3.48. The van der Waals surface area contributed by atoms with Gasteiger partial charge in [-0.1, -0.05) is 65.7 Å². The molecule has 0 spiro atoms. The number of rotatable bonds is 6. The van der Waals surface area contributed by atoms with Gasteiger partial charge in [0.25, 0.3) is 5.69 Å². The number of nitrogens with zero attached hydrogens (tertiary/aromatic N) is 2. The van der Waals surface area contributed by atoms with Gasteiger partial charge in [0.2, 0.25) is 0 Å². The lowest BCUT2D eigenvalue weighted by atomic mass is 10.0. The summed E-state index contributed by atoms with van der Waals surface area (Å²) < 4.78 is 5.95. The van der Waals surface area contributed by atoms with E-state index in [1.807, 2.05) is 42.5 Å². The molecule has 4 rings (SSSR count). The Morgan fingerprint density at radius 2 is 1.67 bits per heavy atom. The number of hydrogen-bond acceptors (Lipinski definition) is 4. The maximum absolute atomic E-state index is 10.8. The standard InChI is InChI=1S/C26H16Cl2N2O3/c27-24-13-17(12-21(15-29)18-8-10-22(11-9-18)30(31)32)14-25(28)26(24)33-16-20-6-3-5-19-4-1-2-7-23(19)20/h1-14H,16H2/b21-12+. The maximum Gasteiger partial charge on any atom is 0.269 e. The van der Waals surface area contributed by atoms with E-state index in [1.165, 1.54) is 24.3 Å². The van der Waals surface area contributed by atoms with Crippen molar-refractivity contribution in [2.24, 2.45) is 0 Å². The first-order valence-corrected chi connectivity index (χ1v) is 10.7.